The molecule has 0 N–H and O–H groups in total. The average Bonchev–Trinajstić information content (AvgIpc) is 2.69. The summed E-state index contributed by atoms with van der Waals surface area (Å²) >= 11 is 0. The lowest BCUT2D eigenvalue weighted by Crippen LogP contribution is -1.93. The molecule has 4 aromatic rings. The fourth-order valence-electron chi connectivity index (χ4n) is 3.17. The van der Waals surface area contributed by atoms with E-state index in [-0.39, 0.29) is 5.82 Å². The molecular formula is C23H17FN2. The van der Waals surface area contributed by atoms with Gasteiger partial charge in [-0.05, 0) is 41.8 Å². The van der Waals surface area contributed by atoms with E-state index in [0.29, 0.717) is 0 Å². The summed E-state index contributed by atoms with van der Waals surface area (Å²) < 4.78 is 13.3. The minimum atomic E-state index is -0.337. The number of hydrogen-bond donors (Lipinski definition) is 0. The van der Waals surface area contributed by atoms with Crippen molar-refractivity contribution in [3.8, 4) is 33.6 Å². The summed E-state index contributed by atoms with van der Waals surface area (Å²) in [5, 5.41) is 0. The largest absolute Gasteiger partial charge is 0.256 e. The molecule has 0 saturated carbocycles. The van der Waals surface area contributed by atoms with Crippen LogP contribution in [0.5, 0.6) is 0 Å². The molecule has 0 atom stereocenters. The fourth-order valence-corrected chi connectivity index (χ4v) is 3.17. The molecule has 126 valence electrons. The minimum Gasteiger partial charge on any atom is -0.256 e. The van der Waals surface area contributed by atoms with Gasteiger partial charge in [-0.3, -0.25) is 9.97 Å². The van der Waals surface area contributed by atoms with Crippen molar-refractivity contribution in [3.05, 3.63) is 96.6 Å². The van der Waals surface area contributed by atoms with E-state index in [4.69, 9.17) is 0 Å². The van der Waals surface area contributed by atoms with Crippen LogP contribution in [-0.2, 0) is 0 Å². The zero-order valence-corrected chi connectivity index (χ0v) is 14.4. The van der Waals surface area contributed by atoms with Crippen molar-refractivity contribution in [1.29, 1.82) is 0 Å². The third kappa shape index (κ3) is 3.00. The second-order valence-corrected chi connectivity index (χ2v) is 6.12. The van der Waals surface area contributed by atoms with Crippen LogP contribution in [0.15, 0.2) is 85.2 Å². The Labute approximate surface area is 152 Å². The van der Waals surface area contributed by atoms with Gasteiger partial charge >= 0.3 is 0 Å². The third-order valence-corrected chi connectivity index (χ3v) is 4.41. The van der Waals surface area contributed by atoms with Crippen LogP contribution in [0, 0.1) is 12.7 Å². The molecule has 0 amide bonds. The Morgan fingerprint density at radius 2 is 1.31 bits per heavy atom. The van der Waals surface area contributed by atoms with Gasteiger partial charge in [-0.15, -0.1) is 0 Å². The number of aromatic nitrogens is 2. The first-order valence-electron chi connectivity index (χ1n) is 8.46. The Morgan fingerprint density at radius 1 is 0.654 bits per heavy atom. The summed E-state index contributed by atoms with van der Waals surface area (Å²) in [6.45, 7) is 2.06. The smallest absolute Gasteiger partial charge is 0.141 e. The van der Waals surface area contributed by atoms with Crippen molar-refractivity contribution < 1.29 is 4.39 Å². The molecule has 0 spiro atoms. The molecular weight excluding hydrogens is 323 g/mol. The second kappa shape index (κ2) is 6.89. The summed E-state index contributed by atoms with van der Waals surface area (Å²) in [5.74, 6) is -0.337. The second-order valence-electron chi connectivity index (χ2n) is 6.12. The van der Waals surface area contributed by atoms with Crippen molar-refractivity contribution >= 4 is 0 Å². The minimum absolute atomic E-state index is 0.337. The van der Waals surface area contributed by atoms with Gasteiger partial charge in [-0.2, -0.15) is 0 Å². The van der Waals surface area contributed by atoms with Gasteiger partial charge < -0.3 is 0 Å². The Bertz CT molecular complexity index is 1060. The Hall–Kier alpha value is -3.33. The highest BCUT2D eigenvalue weighted by atomic mass is 19.1. The predicted octanol–water partition coefficient (Wildman–Crippen LogP) is 5.93. The number of nitrogens with zero attached hydrogens (tertiary/aromatic N) is 2. The number of aryl methyl sites for hydroxylation is 1. The lowest BCUT2D eigenvalue weighted by atomic mass is 9.91. The lowest BCUT2D eigenvalue weighted by Gasteiger charge is -2.14. The van der Waals surface area contributed by atoms with Crippen molar-refractivity contribution in [2.45, 2.75) is 6.92 Å². The normalized spacial score (nSPS) is 10.7. The molecule has 0 aliphatic carbocycles. The maximum Gasteiger partial charge on any atom is 0.141 e. The van der Waals surface area contributed by atoms with Gasteiger partial charge in [-0.25, -0.2) is 4.39 Å². The molecule has 0 bridgehead atoms. The van der Waals surface area contributed by atoms with E-state index < -0.39 is 0 Å². The van der Waals surface area contributed by atoms with E-state index in [2.05, 4.69) is 41.2 Å². The van der Waals surface area contributed by atoms with Gasteiger partial charge in [0.1, 0.15) is 5.82 Å². The van der Waals surface area contributed by atoms with Crippen molar-refractivity contribution in [2.24, 2.45) is 0 Å². The number of halogens is 1. The summed E-state index contributed by atoms with van der Waals surface area (Å²) in [6, 6.07) is 23.4. The molecule has 26 heavy (non-hydrogen) atoms. The average molecular weight is 340 g/mol. The molecule has 0 saturated heterocycles. The van der Waals surface area contributed by atoms with E-state index in [1.54, 1.807) is 6.07 Å². The quantitative estimate of drug-likeness (QED) is 0.462. The number of hydrogen-bond acceptors (Lipinski definition) is 2. The summed E-state index contributed by atoms with van der Waals surface area (Å²) in [7, 11) is 0. The van der Waals surface area contributed by atoms with Crippen molar-refractivity contribution in [3.63, 3.8) is 0 Å². The maximum atomic E-state index is 13.3. The topological polar surface area (TPSA) is 25.8 Å². The molecule has 0 fully saturated rings. The molecule has 0 unspecified atom stereocenters. The van der Waals surface area contributed by atoms with Gasteiger partial charge in [-0.1, -0.05) is 54.6 Å². The van der Waals surface area contributed by atoms with Crippen LogP contribution in [0.1, 0.15) is 5.56 Å². The van der Waals surface area contributed by atoms with Crippen molar-refractivity contribution in [2.75, 3.05) is 0 Å². The lowest BCUT2D eigenvalue weighted by molar-refractivity contribution is 0.622. The first-order valence-corrected chi connectivity index (χ1v) is 8.46. The van der Waals surface area contributed by atoms with Gasteiger partial charge in [0.15, 0.2) is 0 Å². The molecule has 2 heterocycles. The standard InChI is InChI=1S/C23H17FN2/c1-16-7-6-14-25-23(16)21-11-5-3-9-19(21)18-8-2-4-10-20(18)22-13-12-17(24)15-26-22/h2-15H,1H3. The van der Waals surface area contributed by atoms with E-state index in [1.807, 2.05) is 42.6 Å². The van der Waals surface area contributed by atoms with Crippen LogP contribution in [0.2, 0.25) is 0 Å². The van der Waals surface area contributed by atoms with E-state index in [0.717, 1.165) is 39.2 Å². The molecule has 0 radical (unpaired) electrons. The number of benzene rings is 2. The molecule has 0 aliphatic heterocycles. The first kappa shape index (κ1) is 16.2. The molecule has 2 aromatic carbocycles. The van der Waals surface area contributed by atoms with E-state index in [9.17, 15) is 4.39 Å². The highest BCUT2D eigenvalue weighted by Crippen LogP contribution is 2.37. The van der Waals surface area contributed by atoms with Crippen LogP contribution in [-0.4, -0.2) is 9.97 Å². The SMILES string of the molecule is Cc1cccnc1-c1ccccc1-c1ccccc1-c1ccc(F)cn1. The van der Waals surface area contributed by atoms with Gasteiger partial charge in [0.2, 0.25) is 0 Å². The zero-order valence-electron chi connectivity index (χ0n) is 14.4. The summed E-state index contributed by atoms with van der Waals surface area (Å²) in [4.78, 5) is 8.85. The molecule has 2 aromatic heterocycles. The maximum absolute atomic E-state index is 13.3. The third-order valence-electron chi connectivity index (χ3n) is 4.41. The summed E-state index contributed by atoms with van der Waals surface area (Å²) in [6.07, 6.45) is 3.06. The fraction of sp³-hybridized carbons (Fsp3) is 0.0435. The molecule has 0 aliphatic rings. The Balaban J connectivity index is 1.93. The number of rotatable bonds is 3. The first-order chi connectivity index (χ1) is 12.7. The van der Waals surface area contributed by atoms with Crippen LogP contribution in [0.3, 0.4) is 0 Å². The van der Waals surface area contributed by atoms with Crippen LogP contribution in [0.25, 0.3) is 33.6 Å². The molecule has 4 rings (SSSR count). The van der Waals surface area contributed by atoms with E-state index in [1.165, 1.54) is 12.3 Å². The van der Waals surface area contributed by atoms with Crippen LogP contribution >= 0.6 is 0 Å². The van der Waals surface area contributed by atoms with Crippen LogP contribution in [0.4, 0.5) is 4.39 Å². The van der Waals surface area contributed by atoms with Gasteiger partial charge in [0.25, 0.3) is 0 Å². The van der Waals surface area contributed by atoms with Crippen LogP contribution < -0.4 is 0 Å². The Kier molecular flexibility index (Phi) is 4.28. The highest BCUT2D eigenvalue weighted by molar-refractivity contribution is 5.90. The Morgan fingerprint density at radius 3 is 1.96 bits per heavy atom. The van der Waals surface area contributed by atoms with E-state index >= 15 is 0 Å². The van der Waals surface area contributed by atoms with Gasteiger partial charge in [0.05, 0.1) is 17.6 Å². The van der Waals surface area contributed by atoms with Gasteiger partial charge in [0, 0.05) is 17.3 Å². The molecule has 3 heteroatoms. The summed E-state index contributed by atoms with van der Waals surface area (Å²) in [5.41, 5.74) is 6.99. The highest BCUT2D eigenvalue weighted by Gasteiger charge is 2.14. The monoisotopic (exact) mass is 340 g/mol. The van der Waals surface area contributed by atoms with Crippen molar-refractivity contribution in [1.82, 2.24) is 9.97 Å². The molecule has 2 nitrogen and oxygen atoms in total. The predicted molar refractivity (Wildman–Crippen MR) is 103 cm³/mol. The zero-order chi connectivity index (χ0) is 17.9. The number of pyridine rings is 2.